The maximum absolute atomic E-state index is 13.3. The maximum atomic E-state index is 13.3. The van der Waals surface area contributed by atoms with E-state index in [1.165, 1.54) is 12.1 Å². The Balaban J connectivity index is 2.11. The zero-order valence-corrected chi connectivity index (χ0v) is 11.8. The van der Waals surface area contributed by atoms with Gasteiger partial charge in [-0.1, -0.05) is 6.07 Å². The molecular weight excluding hydrogens is 255 g/mol. The summed E-state index contributed by atoms with van der Waals surface area (Å²) in [6, 6.07) is 10.3. The monoisotopic (exact) mass is 274 g/mol. The van der Waals surface area contributed by atoms with Crippen LogP contribution in [0.15, 0.2) is 42.6 Å². The fraction of sp³-hybridized carbons (Fsp3) is 0.312. The number of halogens is 1. The number of hydrogen-bond acceptors (Lipinski definition) is 3. The average molecular weight is 274 g/mol. The molecule has 0 saturated heterocycles. The second kappa shape index (κ2) is 6.48. The summed E-state index contributed by atoms with van der Waals surface area (Å²) in [6.45, 7) is 2.40. The minimum Gasteiger partial charge on any atom is -0.389 e. The van der Waals surface area contributed by atoms with Crippen LogP contribution in [0.2, 0.25) is 0 Å². The Morgan fingerprint density at radius 1 is 1.30 bits per heavy atom. The summed E-state index contributed by atoms with van der Waals surface area (Å²) in [5.74, 6) is -0.331. The maximum Gasteiger partial charge on any atom is 0.123 e. The van der Waals surface area contributed by atoms with Crippen molar-refractivity contribution in [3.8, 4) is 0 Å². The quantitative estimate of drug-likeness (QED) is 0.910. The Morgan fingerprint density at radius 3 is 2.75 bits per heavy atom. The standard InChI is InChI=1S/C16H19FN2O/c1-12(20)15-11-13(17)6-7-16(15)19(2)10-8-14-5-3-4-9-18-14/h3-7,9,11-12,20H,8,10H2,1-2H3/t12-/m1/s1. The van der Waals surface area contributed by atoms with Crippen molar-refractivity contribution in [1.82, 2.24) is 4.98 Å². The van der Waals surface area contributed by atoms with Gasteiger partial charge >= 0.3 is 0 Å². The Morgan fingerprint density at radius 2 is 2.10 bits per heavy atom. The van der Waals surface area contributed by atoms with E-state index in [-0.39, 0.29) is 5.82 Å². The van der Waals surface area contributed by atoms with Crippen molar-refractivity contribution in [3.05, 3.63) is 59.7 Å². The van der Waals surface area contributed by atoms with Gasteiger partial charge in [-0.15, -0.1) is 0 Å². The van der Waals surface area contributed by atoms with Crippen LogP contribution in [0.3, 0.4) is 0 Å². The molecule has 0 unspecified atom stereocenters. The Kier molecular flexibility index (Phi) is 4.69. The second-order valence-corrected chi connectivity index (χ2v) is 4.87. The van der Waals surface area contributed by atoms with Crippen molar-refractivity contribution in [2.45, 2.75) is 19.4 Å². The smallest absolute Gasteiger partial charge is 0.123 e. The zero-order chi connectivity index (χ0) is 14.5. The van der Waals surface area contributed by atoms with Crippen LogP contribution in [0.4, 0.5) is 10.1 Å². The summed E-state index contributed by atoms with van der Waals surface area (Å²) in [6.07, 6.45) is 1.88. The van der Waals surface area contributed by atoms with E-state index >= 15 is 0 Å². The molecule has 0 saturated carbocycles. The van der Waals surface area contributed by atoms with Crippen LogP contribution in [-0.2, 0) is 6.42 Å². The Labute approximate surface area is 118 Å². The van der Waals surface area contributed by atoms with Gasteiger partial charge in [-0.2, -0.15) is 0 Å². The molecule has 1 aromatic carbocycles. The summed E-state index contributed by atoms with van der Waals surface area (Å²) in [5.41, 5.74) is 2.46. The number of likely N-dealkylation sites (N-methyl/N-ethyl adjacent to an activating group) is 1. The van der Waals surface area contributed by atoms with Gasteiger partial charge in [-0.25, -0.2) is 4.39 Å². The molecule has 4 heteroatoms. The fourth-order valence-electron chi connectivity index (χ4n) is 2.16. The SMILES string of the molecule is C[C@@H](O)c1cc(F)ccc1N(C)CCc1ccccn1. The molecule has 106 valence electrons. The minimum absolute atomic E-state index is 0.331. The topological polar surface area (TPSA) is 36.4 Å². The van der Waals surface area contributed by atoms with Crippen LogP contribution in [0.5, 0.6) is 0 Å². The third-order valence-corrected chi connectivity index (χ3v) is 3.28. The van der Waals surface area contributed by atoms with E-state index < -0.39 is 6.10 Å². The van der Waals surface area contributed by atoms with Crippen LogP contribution in [0.25, 0.3) is 0 Å². The molecule has 0 fully saturated rings. The van der Waals surface area contributed by atoms with Crippen molar-refractivity contribution in [2.24, 2.45) is 0 Å². The van der Waals surface area contributed by atoms with Gasteiger partial charge in [0.05, 0.1) is 6.10 Å². The van der Waals surface area contributed by atoms with Crippen molar-refractivity contribution < 1.29 is 9.50 Å². The van der Waals surface area contributed by atoms with Crippen molar-refractivity contribution in [3.63, 3.8) is 0 Å². The molecule has 0 radical (unpaired) electrons. The van der Waals surface area contributed by atoms with Gasteiger partial charge in [0.1, 0.15) is 5.82 Å². The van der Waals surface area contributed by atoms with Crippen LogP contribution < -0.4 is 4.90 Å². The number of aromatic nitrogens is 1. The predicted molar refractivity (Wildman–Crippen MR) is 78.2 cm³/mol. The lowest BCUT2D eigenvalue weighted by atomic mass is 10.1. The van der Waals surface area contributed by atoms with Gasteiger partial charge in [-0.3, -0.25) is 4.98 Å². The summed E-state index contributed by atoms with van der Waals surface area (Å²) in [5, 5.41) is 9.76. The lowest BCUT2D eigenvalue weighted by Crippen LogP contribution is -2.22. The molecule has 0 aliphatic carbocycles. The molecule has 2 rings (SSSR count). The van der Waals surface area contributed by atoms with Crippen LogP contribution in [0.1, 0.15) is 24.3 Å². The molecular formula is C16H19FN2O. The largest absolute Gasteiger partial charge is 0.389 e. The fourth-order valence-corrected chi connectivity index (χ4v) is 2.16. The van der Waals surface area contributed by atoms with Crippen molar-refractivity contribution in [1.29, 1.82) is 0 Å². The van der Waals surface area contributed by atoms with Crippen molar-refractivity contribution in [2.75, 3.05) is 18.5 Å². The van der Waals surface area contributed by atoms with Crippen LogP contribution >= 0.6 is 0 Å². The first kappa shape index (κ1) is 14.5. The van der Waals surface area contributed by atoms with Gasteiger partial charge in [0.25, 0.3) is 0 Å². The zero-order valence-electron chi connectivity index (χ0n) is 11.8. The number of nitrogens with zero attached hydrogens (tertiary/aromatic N) is 2. The van der Waals surface area contributed by atoms with Gasteiger partial charge in [0, 0.05) is 43.2 Å². The van der Waals surface area contributed by atoms with Gasteiger partial charge in [0.15, 0.2) is 0 Å². The van der Waals surface area contributed by atoms with E-state index in [4.69, 9.17) is 0 Å². The van der Waals surface area contributed by atoms with Gasteiger partial charge in [-0.05, 0) is 37.3 Å². The molecule has 0 spiro atoms. The average Bonchev–Trinajstić information content (AvgIpc) is 2.45. The lowest BCUT2D eigenvalue weighted by molar-refractivity contribution is 0.199. The number of aliphatic hydroxyl groups excluding tert-OH is 1. The summed E-state index contributed by atoms with van der Waals surface area (Å²) < 4.78 is 13.3. The predicted octanol–water partition coefficient (Wildman–Crippen LogP) is 2.95. The highest BCUT2D eigenvalue weighted by Crippen LogP contribution is 2.26. The normalized spacial score (nSPS) is 12.2. The summed E-state index contributed by atoms with van der Waals surface area (Å²) in [7, 11) is 1.93. The van der Waals surface area contributed by atoms with E-state index in [0.717, 1.165) is 24.3 Å². The first-order chi connectivity index (χ1) is 9.58. The molecule has 2 aromatic rings. The highest BCUT2D eigenvalue weighted by molar-refractivity contribution is 5.54. The van der Waals surface area contributed by atoms with Gasteiger partial charge < -0.3 is 10.0 Å². The van der Waals surface area contributed by atoms with E-state index in [2.05, 4.69) is 4.98 Å². The minimum atomic E-state index is -0.696. The Hall–Kier alpha value is -1.94. The number of rotatable bonds is 5. The lowest BCUT2D eigenvalue weighted by Gasteiger charge is -2.23. The summed E-state index contributed by atoms with van der Waals surface area (Å²) in [4.78, 5) is 6.29. The first-order valence-electron chi connectivity index (χ1n) is 6.66. The van der Waals surface area contributed by atoms with Crippen LogP contribution in [-0.4, -0.2) is 23.7 Å². The number of pyridine rings is 1. The van der Waals surface area contributed by atoms with E-state index in [9.17, 15) is 9.50 Å². The molecule has 0 aliphatic rings. The highest BCUT2D eigenvalue weighted by atomic mass is 19.1. The number of benzene rings is 1. The molecule has 1 heterocycles. The van der Waals surface area contributed by atoms with Gasteiger partial charge in [0.2, 0.25) is 0 Å². The van der Waals surface area contributed by atoms with Crippen LogP contribution in [0, 0.1) is 5.82 Å². The molecule has 0 amide bonds. The number of aliphatic hydroxyl groups is 1. The molecule has 1 atom stereocenters. The molecule has 20 heavy (non-hydrogen) atoms. The highest BCUT2D eigenvalue weighted by Gasteiger charge is 2.12. The molecule has 1 aromatic heterocycles. The molecule has 0 aliphatic heterocycles. The third-order valence-electron chi connectivity index (χ3n) is 3.28. The Bertz CT molecular complexity index is 558. The summed E-state index contributed by atoms with van der Waals surface area (Å²) >= 11 is 0. The number of anilines is 1. The molecule has 1 N–H and O–H groups in total. The van der Waals surface area contributed by atoms with E-state index in [1.54, 1.807) is 19.2 Å². The first-order valence-corrected chi connectivity index (χ1v) is 6.66. The van der Waals surface area contributed by atoms with E-state index in [0.29, 0.717) is 5.56 Å². The molecule has 0 bridgehead atoms. The third kappa shape index (κ3) is 3.54. The number of hydrogen-bond donors (Lipinski definition) is 1. The molecule has 3 nitrogen and oxygen atoms in total. The van der Waals surface area contributed by atoms with E-state index in [1.807, 2.05) is 30.1 Å². The van der Waals surface area contributed by atoms with Crippen molar-refractivity contribution >= 4 is 5.69 Å². The second-order valence-electron chi connectivity index (χ2n) is 4.87.